The molecule has 1 N–H and O–H groups in total. The summed E-state index contributed by atoms with van der Waals surface area (Å²) in [5.74, 6) is -0.852. The smallest absolute Gasteiger partial charge is 0.319 e. The number of carbonyl (C=O) groups is 4. The highest BCUT2D eigenvalue weighted by Gasteiger charge is 2.49. The molecule has 2 aliphatic heterocycles. The molecule has 7 nitrogen and oxygen atoms in total. The zero-order valence-corrected chi connectivity index (χ0v) is 16.5. The molecule has 2 heterocycles. The highest BCUT2D eigenvalue weighted by atomic mass is 16.2. The fourth-order valence-electron chi connectivity index (χ4n) is 3.80. The van der Waals surface area contributed by atoms with Gasteiger partial charge in [0.05, 0.1) is 13.0 Å². The molecule has 0 aliphatic carbocycles. The first kappa shape index (κ1) is 18.9. The number of amides is 4. The van der Waals surface area contributed by atoms with Crippen molar-refractivity contribution in [3.8, 4) is 0 Å². The maximum atomic E-state index is 13.0. The largest absolute Gasteiger partial charge is 0.325 e. The lowest BCUT2D eigenvalue weighted by Crippen LogP contribution is -2.41. The third-order valence-corrected chi connectivity index (χ3v) is 5.68. The minimum absolute atomic E-state index is 0.0347. The van der Waals surface area contributed by atoms with Gasteiger partial charge in [-0.05, 0) is 43.2 Å². The predicted molar refractivity (Wildman–Crippen MR) is 107 cm³/mol. The van der Waals surface area contributed by atoms with Crippen LogP contribution in [0.15, 0.2) is 42.5 Å². The number of rotatable bonds is 4. The van der Waals surface area contributed by atoms with Crippen molar-refractivity contribution in [2.24, 2.45) is 0 Å². The number of urea groups is 1. The highest BCUT2D eigenvalue weighted by Crippen LogP contribution is 2.31. The van der Waals surface area contributed by atoms with Gasteiger partial charge in [-0.3, -0.25) is 19.3 Å². The minimum Gasteiger partial charge on any atom is -0.319 e. The number of hydrogen-bond acceptors (Lipinski definition) is 4. The fourth-order valence-corrected chi connectivity index (χ4v) is 3.80. The first-order chi connectivity index (χ1) is 13.7. The van der Waals surface area contributed by atoms with Crippen LogP contribution in [-0.4, -0.2) is 42.1 Å². The number of ketones is 1. The van der Waals surface area contributed by atoms with Crippen LogP contribution in [0.4, 0.5) is 10.5 Å². The Hall–Kier alpha value is -3.48. The van der Waals surface area contributed by atoms with Crippen LogP contribution in [0.25, 0.3) is 0 Å². The summed E-state index contributed by atoms with van der Waals surface area (Å²) in [5.41, 5.74) is 2.41. The van der Waals surface area contributed by atoms with E-state index in [1.54, 1.807) is 49.2 Å². The van der Waals surface area contributed by atoms with E-state index in [0.29, 0.717) is 11.1 Å². The van der Waals surface area contributed by atoms with Gasteiger partial charge in [0.15, 0.2) is 5.78 Å². The molecule has 0 aromatic heterocycles. The molecule has 1 saturated heterocycles. The van der Waals surface area contributed by atoms with Crippen LogP contribution in [0.3, 0.4) is 0 Å². The second kappa shape index (κ2) is 6.55. The zero-order chi connectivity index (χ0) is 20.9. The molecule has 2 aromatic rings. The number of fused-ring (bicyclic) bond motifs is 1. The van der Waals surface area contributed by atoms with E-state index in [2.05, 4.69) is 5.32 Å². The summed E-state index contributed by atoms with van der Waals surface area (Å²) in [6.07, 6.45) is 0.238. The Balaban J connectivity index is 1.55. The van der Waals surface area contributed by atoms with Gasteiger partial charge in [-0.25, -0.2) is 4.79 Å². The van der Waals surface area contributed by atoms with Crippen molar-refractivity contribution >= 4 is 29.3 Å². The van der Waals surface area contributed by atoms with Crippen LogP contribution in [0.1, 0.15) is 34.0 Å². The van der Waals surface area contributed by atoms with E-state index in [9.17, 15) is 19.2 Å². The summed E-state index contributed by atoms with van der Waals surface area (Å²) in [4.78, 5) is 52.6. The molecule has 2 aliphatic rings. The highest BCUT2D eigenvalue weighted by molar-refractivity contribution is 6.11. The topological polar surface area (TPSA) is 86.8 Å². The van der Waals surface area contributed by atoms with Gasteiger partial charge in [0.1, 0.15) is 5.54 Å². The molecule has 1 atom stereocenters. The molecular weight excluding hydrogens is 370 g/mol. The molecule has 0 spiro atoms. The summed E-state index contributed by atoms with van der Waals surface area (Å²) in [5, 5.41) is 2.71. The average molecular weight is 391 g/mol. The Morgan fingerprint density at radius 2 is 1.79 bits per heavy atom. The van der Waals surface area contributed by atoms with Crippen LogP contribution >= 0.6 is 0 Å². The molecule has 0 bridgehead atoms. The Morgan fingerprint density at radius 3 is 2.48 bits per heavy atom. The molecule has 29 heavy (non-hydrogen) atoms. The summed E-state index contributed by atoms with van der Waals surface area (Å²) in [6.45, 7) is 3.22. The third-order valence-electron chi connectivity index (χ3n) is 5.68. The van der Waals surface area contributed by atoms with Gasteiger partial charge in [0, 0.05) is 18.3 Å². The van der Waals surface area contributed by atoms with Crippen LogP contribution in [0.2, 0.25) is 0 Å². The number of carbonyl (C=O) groups excluding carboxylic acids is 4. The zero-order valence-electron chi connectivity index (χ0n) is 16.5. The Labute approximate surface area is 168 Å². The maximum Gasteiger partial charge on any atom is 0.325 e. The number of anilines is 1. The standard InChI is InChI=1S/C22H21N3O4/c1-13-4-7-16(8-5-13)22(2)20(28)25(21(29)23-22)12-18(26)14-6-9-17-15(10-14)11-19(27)24(17)3/h4-10H,11-12H2,1-3H3,(H,23,29)/t22-/m1/s1. The summed E-state index contributed by atoms with van der Waals surface area (Å²) in [6, 6.07) is 11.7. The van der Waals surface area contributed by atoms with Crippen molar-refractivity contribution in [3.63, 3.8) is 0 Å². The lowest BCUT2D eigenvalue weighted by atomic mass is 9.91. The number of imide groups is 1. The molecule has 148 valence electrons. The molecule has 1 fully saturated rings. The van der Waals surface area contributed by atoms with Crippen molar-refractivity contribution in [1.29, 1.82) is 0 Å². The average Bonchev–Trinajstić information content (AvgIpc) is 3.09. The van der Waals surface area contributed by atoms with Gasteiger partial charge < -0.3 is 10.2 Å². The molecule has 0 radical (unpaired) electrons. The quantitative estimate of drug-likeness (QED) is 0.639. The van der Waals surface area contributed by atoms with E-state index < -0.39 is 17.5 Å². The number of hydrogen-bond donors (Lipinski definition) is 1. The van der Waals surface area contributed by atoms with Gasteiger partial charge in [-0.2, -0.15) is 0 Å². The molecule has 2 aromatic carbocycles. The molecular formula is C22H21N3O4. The number of aryl methyl sites for hydroxylation is 1. The fraction of sp³-hybridized carbons (Fsp3) is 0.273. The lowest BCUT2D eigenvalue weighted by Gasteiger charge is -2.22. The van der Waals surface area contributed by atoms with Crippen LogP contribution in [0, 0.1) is 6.92 Å². The minimum atomic E-state index is -1.21. The van der Waals surface area contributed by atoms with Gasteiger partial charge in [0.2, 0.25) is 5.91 Å². The Bertz CT molecular complexity index is 1060. The van der Waals surface area contributed by atoms with Crippen LogP contribution in [-0.2, 0) is 21.5 Å². The number of likely N-dealkylation sites (N-methyl/N-ethyl adjacent to an activating group) is 1. The summed E-state index contributed by atoms with van der Waals surface area (Å²) < 4.78 is 0. The lowest BCUT2D eigenvalue weighted by molar-refractivity contribution is -0.130. The second-order valence-electron chi connectivity index (χ2n) is 7.71. The predicted octanol–water partition coefficient (Wildman–Crippen LogP) is 2.16. The van der Waals surface area contributed by atoms with Gasteiger partial charge >= 0.3 is 6.03 Å². The number of nitrogens with zero attached hydrogens (tertiary/aromatic N) is 2. The van der Waals surface area contributed by atoms with Crippen LogP contribution in [0.5, 0.6) is 0 Å². The molecule has 4 rings (SSSR count). The second-order valence-corrected chi connectivity index (χ2v) is 7.71. The first-order valence-corrected chi connectivity index (χ1v) is 9.34. The molecule has 7 heteroatoms. The number of nitrogens with one attached hydrogen (secondary N) is 1. The van der Waals surface area contributed by atoms with Crippen molar-refractivity contribution < 1.29 is 19.2 Å². The van der Waals surface area contributed by atoms with Gasteiger partial charge in [0.25, 0.3) is 5.91 Å². The van der Waals surface area contributed by atoms with Crippen molar-refractivity contribution in [2.45, 2.75) is 25.8 Å². The number of benzene rings is 2. The first-order valence-electron chi connectivity index (χ1n) is 9.34. The van der Waals surface area contributed by atoms with Gasteiger partial charge in [-0.1, -0.05) is 29.8 Å². The van der Waals surface area contributed by atoms with Crippen molar-refractivity contribution in [1.82, 2.24) is 10.2 Å². The van der Waals surface area contributed by atoms with E-state index in [4.69, 9.17) is 0 Å². The normalized spacial score (nSPS) is 20.9. The maximum absolute atomic E-state index is 13.0. The van der Waals surface area contributed by atoms with Crippen molar-refractivity contribution in [2.75, 3.05) is 18.5 Å². The number of Topliss-reactive ketones (excluding diaryl/α,β-unsaturated/α-hetero) is 1. The Kier molecular flexibility index (Phi) is 4.26. The van der Waals surface area contributed by atoms with E-state index >= 15 is 0 Å². The van der Waals surface area contributed by atoms with Crippen molar-refractivity contribution in [3.05, 3.63) is 64.7 Å². The SMILES string of the molecule is Cc1ccc([C@@]2(C)NC(=O)N(CC(=O)c3ccc4c(c3)CC(=O)N4C)C2=O)cc1. The van der Waals surface area contributed by atoms with Gasteiger partial charge in [-0.15, -0.1) is 0 Å². The Morgan fingerprint density at radius 1 is 1.10 bits per heavy atom. The molecule has 0 unspecified atom stereocenters. The van der Waals surface area contributed by atoms with E-state index in [1.165, 1.54) is 0 Å². The summed E-state index contributed by atoms with van der Waals surface area (Å²) >= 11 is 0. The summed E-state index contributed by atoms with van der Waals surface area (Å²) in [7, 11) is 1.69. The van der Waals surface area contributed by atoms with E-state index in [-0.39, 0.29) is 24.7 Å². The van der Waals surface area contributed by atoms with E-state index in [0.717, 1.165) is 21.7 Å². The molecule has 4 amide bonds. The van der Waals surface area contributed by atoms with E-state index in [1.807, 2.05) is 19.1 Å². The molecule has 0 saturated carbocycles. The monoisotopic (exact) mass is 391 g/mol. The van der Waals surface area contributed by atoms with Crippen LogP contribution < -0.4 is 10.2 Å². The third kappa shape index (κ3) is 2.99.